The van der Waals surface area contributed by atoms with Crippen molar-refractivity contribution in [2.45, 2.75) is 51.6 Å². The first-order valence-electron chi connectivity index (χ1n) is 9.91. The Morgan fingerprint density at radius 3 is 2.19 bits per heavy atom. The minimum atomic E-state index is -0.237. The van der Waals surface area contributed by atoms with Crippen molar-refractivity contribution in [2.75, 3.05) is 36.0 Å². The predicted molar refractivity (Wildman–Crippen MR) is 105 cm³/mol. The van der Waals surface area contributed by atoms with Crippen LogP contribution in [0.3, 0.4) is 0 Å². The largest absolute Gasteiger partial charge is 0.365 e. The third-order valence-corrected chi connectivity index (χ3v) is 5.42. The molecule has 1 unspecified atom stereocenters. The molecule has 3 aliphatic rings. The summed E-state index contributed by atoms with van der Waals surface area (Å²) in [5, 5.41) is 5.92. The molecule has 0 spiro atoms. The highest BCUT2D eigenvalue weighted by atomic mass is 16.2. The lowest BCUT2D eigenvalue weighted by Crippen LogP contribution is -2.57. The van der Waals surface area contributed by atoms with Crippen LogP contribution in [-0.2, 0) is 9.59 Å². The van der Waals surface area contributed by atoms with Gasteiger partial charge in [-0.2, -0.15) is 0 Å². The summed E-state index contributed by atoms with van der Waals surface area (Å²) in [4.78, 5) is 28.4. The Morgan fingerprint density at radius 1 is 0.923 bits per heavy atom. The van der Waals surface area contributed by atoms with Crippen molar-refractivity contribution in [1.29, 1.82) is 0 Å². The summed E-state index contributed by atoms with van der Waals surface area (Å²) in [5.41, 5.74) is 2.34. The standard InChI is InChI=1S/C18H24N4O2.C2H6/c23-17-6-5-16(18(24)20-17)22-12-11-21(13-7-9-19-10-8-13)14-3-1-2-4-15(14)22;1-2/h1-4,13,16,19H,5-12H2,(H,20,23,24);1-2H3. The number of piperidine rings is 2. The number of nitrogens with one attached hydrogen (secondary N) is 2. The normalized spacial score (nSPS) is 23.7. The van der Waals surface area contributed by atoms with Crippen molar-refractivity contribution in [3.8, 4) is 0 Å². The molecule has 0 saturated carbocycles. The molecule has 0 aromatic heterocycles. The third-order valence-electron chi connectivity index (χ3n) is 5.42. The smallest absolute Gasteiger partial charge is 0.249 e. The van der Waals surface area contributed by atoms with Crippen LogP contribution >= 0.6 is 0 Å². The second-order valence-electron chi connectivity index (χ2n) is 6.82. The van der Waals surface area contributed by atoms with Crippen LogP contribution in [0, 0.1) is 0 Å². The van der Waals surface area contributed by atoms with Crippen LogP contribution in [-0.4, -0.2) is 50.1 Å². The fourth-order valence-electron chi connectivity index (χ4n) is 4.21. The van der Waals surface area contributed by atoms with Crippen molar-refractivity contribution in [2.24, 2.45) is 0 Å². The molecule has 1 atom stereocenters. The lowest BCUT2D eigenvalue weighted by Gasteiger charge is -2.46. The Morgan fingerprint density at radius 2 is 1.54 bits per heavy atom. The van der Waals surface area contributed by atoms with Gasteiger partial charge < -0.3 is 15.1 Å². The van der Waals surface area contributed by atoms with Crippen LogP contribution in [0.15, 0.2) is 24.3 Å². The van der Waals surface area contributed by atoms with Gasteiger partial charge in [-0.1, -0.05) is 26.0 Å². The molecule has 3 heterocycles. The number of hydrogen-bond acceptors (Lipinski definition) is 5. The van der Waals surface area contributed by atoms with E-state index in [1.54, 1.807) is 0 Å². The summed E-state index contributed by atoms with van der Waals surface area (Å²) >= 11 is 0. The van der Waals surface area contributed by atoms with Crippen LogP contribution in [0.1, 0.15) is 39.5 Å². The van der Waals surface area contributed by atoms with Crippen LogP contribution < -0.4 is 20.4 Å². The maximum absolute atomic E-state index is 12.3. The van der Waals surface area contributed by atoms with E-state index in [1.807, 2.05) is 19.9 Å². The van der Waals surface area contributed by atoms with Crippen molar-refractivity contribution < 1.29 is 9.59 Å². The molecule has 0 radical (unpaired) electrons. The summed E-state index contributed by atoms with van der Waals surface area (Å²) in [6, 6.07) is 8.70. The molecule has 2 amide bonds. The number of fused-ring (bicyclic) bond motifs is 1. The van der Waals surface area contributed by atoms with Gasteiger partial charge in [0.2, 0.25) is 11.8 Å². The lowest BCUT2D eigenvalue weighted by atomic mass is 9.98. The van der Waals surface area contributed by atoms with E-state index in [-0.39, 0.29) is 17.9 Å². The Kier molecular flexibility index (Phi) is 6.14. The molecule has 6 nitrogen and oxygen atoms in total. The molecule has 26 heavy (non-hydrogen) atoms. The number of carbonyl (C=O) groups is 2. The molecular weight excluding hydrogens is 328 g/mol. The van der Waals surface area contributed by atoms with Crippen LogP contribution in [0.5, 0.6) is 0 Å². The van der Waals surface area contributed by atoms with E-state index in [9.17, 15) is 9.59 Å². The van der Waals surface area contributed by atoms with Crippen molar-refractivity contribution in [1.82, 2.24) is 10.6 Å². The van der Waals surface area contributed by atoms with Gasteiger partial charge in [0.1, 0.15) is 6.04 Å². The van der Waals surface area contributed by atoms with Gasteiger partial charge in [0.15, 0.2) is 0 Å². The number of amides is 2. The summed E-state index contributed by atoms with van der Waals surface area (Å²) in [5.74, 6) is -0.311. The van der Waals surface area contributed by atoms with E-state index in [0.717, 1.165) is 44.7 Å². The maximum Gasteiger partial charge on any atom is 0.249 e. The van der Waals surface area contributed by atoms with Crippen molar-refractivity contribution in [3.05, 3.63) is 24.3 Å². The van der Waals surface area contributed by atoms with E-state index in [4.69, 9.17) is 0 Å². The highest BCUT2D eigenvalue weighted by molar-refractivity contribution is 6.02. The predicted octanol–water partition coefficient (Wildman–Crippen LogP) is 1.90. The fraction of sp³-hybridized carbons (Fsp3) is 0.600. The van der Waals surface area contributed by atoms with Gasteiger partial charge >= 0.3 is 0 Å². The van der Waals surface area contributed by atoms with Crippen molar-refractivity contribution >= 4 is 23.2 Å². The molecule has 0 aliphatic carbocycles. The fourth-order valence-corrected chi connectivity index (χ4v) is 4.21. The SMILES string of the molecule is CC.O=C1CCC(N2CCN(C3CCNCC3)c3ccccc32)C(=O)N1. The molecule has 2 N–H and O–H groups in total. The zero-order valence-electron chi connectivity index (χ0n) is 15.8. The molecular formula is C20H30N4O2. The monoisotopic (exact) mass is 358 g/mol. The van der Waals surface area contributed by atoms with Crippen LogP contribution in [0.25, 0.3) is 0 Å². The average Bonchev–Trinajstić information content (AvgIpc) is 2.70. The molecule has 2 saturated heterocycles. The maximum atomic E-state index is 12.3. The van der Waals surface area contributed by atoms with Gasteiger partial charge in [-0.3, -0.25) is 14.9 Å². The number of nitrogens with zero attached hydrogens (tertiary/aromatic N) is 2. The van der Waals surface area contributed by atoms with Crippen LogP contribution in [0.4, 0.5) is 11.4 Å². The molecule has 0 bridgehead atoms. The first kappa shape index (κ1) is 18.7. The summed E-state index contributed by atoms with van der Waals surface area (Å²) in [6.07, 6.45) is 3.35. The Labute approximate surface area is 155 Å². The van der Waals surface area contributed by atoms with Gasteiger partial charge in [-0.05, 0) is 44.5 Å². The third kappa shape index (κ3) is 3.70. The van der Waals surface area contributed by atoms with E-state index in [0.29, 0.717) is 18.9 Å². The molecule has 1 aromatic carbocycles. The highest BCUT2D eigenvalue weighted by Crippen LogP contribution is 2.37. The van der Waals surface area contributed by atoms with E-state index >= 15 is 0 Å². The number of imide groups is 1. The second kappa shape index (κ2) is 8.54. The Balaban J connectivity index is 0.000000948. The minimum absolute atomic E-state index is 0.155. The number of hydrogen-bond donors (Lipinski definition) is 2. The second-order valence-corrected chi connectivity index (χ2v) is 6.82. The van der Waals surface area contributed by atoms with E-state index < -0.39 is 0 Å². The summed E-state index contributed by atoms with van der Waals surface area (Å²) in [7, 11) is 0. The van der Waals surface area contributed by atoms with Gasteiger partial charge in [-0.25, -0.2) is 0 Å². The summed E-state index contributed by atoms with van der Waals surface area (Å²) < 4.78 is 0. The van der Waals surface area contributed by atoms with Gasteiger partial charge in [0, 0.05) is 25.6 Å². The first-order chi connectivity index (χ1) is 12.7. The number of benzene rings is 1. The minimum Gasteiger partial charge on any atom is -0.365 e. The number of carbonyl (C=O) groups excluding carboxylic acids is 2. The lowest BCUT2D eigenvalue weighted by molar-refractivity contribution is -0.134. The zero-order chi connectivity index (χ0) is 18.5. The van der Waals surface area contributed by atoms with E-state index in [2.05, 4.69) is 38.6 Å². The number of anilines is 2. The topological polar surface area (TPSA) is 64.7 Å². The highest BCUT2D eigenvalue weighted by Gasteiger charge is 2.36. The molecule has 3 aliphatic heterocycles. The van der Waals surface area contributed by atoms with Crippen molar-refractivity contribution in [3.63, 3.8) is 0 Å². The molecule has 142 valence electrons. The molecule has 6 heteroatoms. The van der Waals surface area contributed by atoms with Gasteiger partial charge in [0.25, 0.3) is 0 Å². The Bertz CT molecular complexity index is 642. The first-order valence-corrected chi connectivity index (χ1v) is 9.91. The van der Waals surface area contributed by atoms with Gasteiger partial charge in [-0.15, -0.1) is 0 Å². The average molecular weight is 358 g/mol. The molecule has 1 aromatic rings. The summed E-state index contributed by atoms with van der Waals surface area (Å²) in [6.45, 7) is 7.90. The quantitative estimate of drug-likeness (QED) is 0.791. The van der Waals surface area contributed by atoms with Crippen LogP contribution in [0.2, 0.25) is 0 Å². The zero-order valence-corrected chi connectivity index (χ0v) is 15.8. The molecule has 4 rings (SSSR count). The molecule has 2 fully saturated rings. The number of para-hydroxylation sites is 2. The number of rotatable bonds is 2. The Hall–Kier alpha value is -2.08. The van der Waals surface area contributed by atoms with E-state index in [1.165, 1.54) is 5.69 Å². The van der Waals surface area contributed by atoms with Gasteiger partial charge in [0.05, 0.1) is 11.4 Å².